The molecule has 35 heavy (non-hydrogen) atoms. The van der Waals surface area contributed by atoms with E-state index < -0.39 is 0 Å². The van der Waals surface area contributed by atoms with E-state index in [0.717, 1.165) is 63.2 Å². The molecule has 2 aliphatic heterocycles. The van der Waals surface area contributed by atoms with Crippen LogP contribution in [0.25, 0.3) is 10.9 Å². The second-order valence-electron chi connectivity index (χ2n) is 9.39. The highest BCUT2D eigenvalue weighted by atomic mass is 16.3. The minimum absolute atomic E-state index is 0.207. The summed E-state index contributed by atoms with van der Waals surface area (Å²) in [6.45, 7) is 3.22. The second kappa shape index (κ2) is 9.88. The van der Waals surface area contributed by atoms with Crippen molar-refractivity contribution in [3.05, 3.63) is 40.8 Å². The highest BCUT2D eigenvalue weighted by Gasteiger charge is 2.23. The van der Waals surface area contributed by atoms with Crippen molar-refractivity contribution < 1.29 is 5.11 Å². The number of aliphatic hydroxyl groups is 1. The molecule has 2 N–H and O–H groups in total. The molecular weight excluding hydrogens is 444 g/mol. The van der Waals surface area contributed by atoms with Crippen LogP contribution in [0.15, 0.2) is 35.3 Å². The van der Waals surface area contributed by atoms with Gasteiger partial charge in [-0.1, -0.05) is 0 Å². The number of aryl methyl sites for hydroxylation is 1. The molecule has 2 fully saturated rings. The summed E-state index contributed by atoms with van der Waals surface area (Å²) in [6.07, 6.45) is 5.36. The molecule has 5 rings (SSSR count). The molecule has 1 aromatic carbocycles. The second-order valence-corrected chi connectivity index (χ2v) is 9.39. The van der Waals surface area contributed by atoms with Crippen molar-refractivity contribution >= 4 is 34.0 Å². The molecular formula is C25H30N8O2. The van der Waals surface area contributed by atoms with Crippen LogP contribution in [0.2, 0.25) is 0 Å². The highest BCUT2D eigenvalue weighted by Crippen LogP contribution is 2.28. The fourth-order valence-corrected chi connectivity index (χ4v) is 4.84. The van der Waals surface area contributed by atoms with E-state index in [-0.39, 0.29) is 11.7 Å². The standard InChI is InChI=1S/C25H30N8O2/c1-31-24(35)22-21(16-27-31)29-25(33-12-7-17(6-11-26)8-13-33)30-23(22)28-18-2-4-19(5-3-18)32-14-9-20(34)10-15-32/h2-5,16-17,20,34H,6-10,12-15H2,1H3,(H,28,29,30). The van der Waals surface area contributed by atoms with Crippen molar-refractivity contribution in [3.8, 4) is 6.07 Å². The van der Waals surface area contributed by atoms with Gasteiger partial charge in [-0.05, 0) is 55.9 Å². The maximum absolute atomic E-state index is 12.9. The van der Waals surface area contributed by atoms with Gasteiger partial charge in [-0.25, -0.2) is 9.67 Å². The van der Waals surface area contributed by atoms with Gasteiger partial charge in [-0.2, -0.15) is 15.3 Å². The van der Waals surface area contributed by atoms with Crippen LogP contribution in [-0.4, -0.2) is 57.1 Å². The summed E-state index contributed by atoms with van der Waals surface area (Å²) < 4.78 is 1.29. The van der Waals surface area contributed by atoms with Gasteiger partial charge >= 0.3 is 0 Å². The molecule has 0 aliphatic carbocycles. The molecule has 0 spiro atoms. The molecule has 2 saturated heterocycles. The van der Waals surface area contributed by atoms with Crippen LogP contribution in [-0.2, 0) is 7.05 Å². The number of aromatic nitrogens is 4. The Morgan fingerprint density at radius 1 is 1.06 bits per heavy atom. The van der Waals surface area contributed by atoms with Gasteiger partial charge in [0.05, 0.1) is 18.4 Å². The highest BCUT2D eigenvalue weighted by molar-refractivity contribution is 5.90. The van der Waals surface area contributed by atoms with E-state index in [4.69, 9.17) is 10.2 Å². The van der Waals surface area contributed by atoms with Gasteiger partial charge in [0.25, 0.3) is 5.56 Å². The molecule has 2 aromatic heterocycles. The molecule has 0 saturated carbocycles. The van der Waals surface area contributed by atoms with Crippen molar-refractivity contribution in [1.29, 1.82) is 5.26 Å². The minimum atomic E-state index is -0.257. The van der Waals surface area contributed by atoms with Crippen LogP contribution in [0.1, 0.15) is 32.1 Å². The zero-order valence-corrected chi connectivity index (χ0v) is 19.9. The Kier molecular flexibility index (Phi) is 6.51. The number of hydrogen-bond acceptors (Lipinski definition) is 9. The summed E-state index contributed by atoms with van der Waals surface area (Å²) >= 11 is 0. The predicted molar refractivity (Wildman–Crippen MR) is 135 cm³/mol. The van der Waals surface area contributed by atoms with E-state index in [1.807, 2.05) is 24.3 Å². The van der Waals surface area contributed by atoms with Crippen LogP contribution < -0.4 is 20.7 Å². The zero-order chi connectivity index (χ0) is 24.4. The summed E-state index contributed by atoms with van der Waals surface area (Å²) in [5.41, 5.74) is 2.18. The number of nitrogens with one attached hydrogen (secondary N) is 1. The number of hydrogen-bond donors (Lipinski definition) is 2. The van der Waals surface area contributed by atoms with Gasteiger partial charge in [0.15, 0.2) is 0 Å². The van der Waals surface area contributed by atoms with E-state index in [2.05, 4.69) is 31.3 Å². The molecule has 10 nitrogen and oxygen atoms in total. The summed E-state index contributed by atoms with van der Waals surface area (Å²) in [7, 11) is 1.61. The Labute approximate surface area is 203 Å². The van der Waals surface area contributed by atoms with Gasteiger partial charge in [0.1, 0.15) is 16.7 Å². The molecule has 0 radical (unpaired) electrons. The topological polar surface area (TPSA) is 123 Å². The SMILES string of the molecule is Cn1ncc2nc(N3CCC(CC#N)CC3)nc(Nc3ccc(N4CCC(O)CC4)cc3)c2c1=O. The Morgan fingerprint density at radius 2 is 1.74 bits per heavy atom. The zero-order valence-electron chi connectivity index (χ0n) is 19.9. The summed E-state index contributed by atoms with van der Waals surface area (Å²) in [4.78, 5) is 26.8. The fraction of sp³-hybridized carbons (Fsp3) is 0.480. The average Bonchev–Trinajstić information content (AvgIpc) is 2.88. The lowest BCUT2D eigenvalue weighted by Crippen LogP contribution is -2.35. The maximum Gasteiger partial charge on any atom is 0.279 e. The summed E-state index contributed by atoms with van der Waals surface area (Å²) in [5, 5.41) is 26.7. The number of fused-ring (bicyclic) bond motifs is 1. The van der Waals surface area contributed by atoms with Gasteiger partial charge < -0.3 is 20.2 Å². The van der Waals surface area contributed by atoms with E-state index in [1.165, 1.54) is 4.68 Å². The smallest absolute Gasteiger partial charge is 0.279 e. The van der Waals surface area contributed by atoms with Crippen LogP contribution in [0.4, 0.5) is 23.1 Å². The van der Waals surface area contributed by atoms with Crippen molar-refractivity contribution in [2.75, 3.05) is 41.3 Å². The monoisotopic (exact) mass is 474 g/mol. The lowest BCUT2D eigenvalue weighted by atomic mass is 9.94. The first-order chi connectivity index (χ1) is 17.0. The van der Waals surface area contributed by atoms with Crippen molar-refractivity contribution in [3.63, 3.8) is 0 Å². The third kappa shape index (κ3) is 4.91. The van der Waals surface area contributed by atoms with Crippen molar-refractivity contribution in [2.45, 2.75) is 38.2 Å². The molecule has 182 valence electrons. The predicted octanol–water partition coefficient (Wildman–Crippen LogP) is 2.56. The number of aliphatic hydroxyl groups excluding tert-OH is 1. The molecule has 2 aliphatic rings. The first-order valence-corrected chi connectivity index (χ1v) is 12.2. The van der Waals surface area contributed by atoms with Crippen molar-refractivity contribution in [1.82, 2.24) is 19.7 Å². The van der Waals surface area contributed by atoms with E-state index >= 15 is 0 Å². The number of piperidine rings is 2. The van der Waals surface area contributed by atoms with Gasteiger partial charge in [0, 0.05) is 51.0 Å². The number of nitriles is 1. The van der Waals surface area contributed by atoms with E-state index in [1.54, 1.807) is 13.2 Å². The molecule has 0 atom stereocenters. The number of nitrogens with zero attached hydrogens (tertiary/aromatic N) is 7. The molecule has 0 bridgehead atoms. The molecule has 0 unspecified atom stereocenters. The third-order valence-electron chi connectivity index (χ3n) is 7.02. The third-order valence-corrected chi connectivity index (χ3v) is 7.02. The summed E-state index contributed by atoms with van der Waals surface area (Å²) in [5.74, 6) is 1.43. The van der Waals surface area contributed by atoms with E-state index in [9.17, 15) is 9.90 Å². The normalized spacial score (nSPS) is 17.5. The van der Waals surface area contributed by atoms with Crippen LogP contribution >= 0.6 is 0 Å². The lowest BCUT2D eigenvalue weighted by Gasteiger charge is -2.31. The molecule has 10 heteroatoms. The van der Waals surface area contributed by atoms with Crippen LogP contribution in [0.3, 0.4) is 0 Å². The Bertz CT molecular complexity index is 1280. The fourth-order valence-electron chi connectivity index (χ4n) is 4.84. The maximum atomic E-state index is 12.9. The Morgan fingerprint density at radius 3 is 2.43 bits per heavy atom. The number of rotatable bonds is 5. The minimum Gasteiger partial charge on any atom is -0.393 e. The van der Waals surface area contributed by atoms with Gasteiger partial charge in [-0.3, -0.25) is 4.79 Å². The van der Waals surface area contributed by atoms with Gasteiger partial charge in [0.2, 0.25) is 5.95 Å². The summed E-state index contributed by atoms with van der Waals surface area (Å²) in [6, 6.07) is 10.3. The quantitative estimate of drug-likeness (QED) is 0.574. The molecule has 3 aromatic rings. The Balaban J connectivity index is 1.43. The Hall–Kier alpha value is -3.71. The first-order valence-electron chi connectivity index (χ1n) is 12.2. The number of benzene rings is 1. The molecule has 0 amide bonds. The average molecular weight is 475 g/mol. The van der Waals surface area contributed by atoms with Crippen molar-refractivity contribution in [2.24, 2.45) is 13.0 Å². The number of anilines is 4. The van der Waals surface area contributed by atoms with Crippen LogP contribution in [0, 0.1) is 17.2 Å². The molecule has 4 heterocycles. The van der Waals surface area contributed by atoms with Gasteiger partial charge in [-0.15, -0.1) is 0 Å². The first kappa shape index (κ1) is 23.1. The van der Waals surface area contributed by atoms with E-state index in [0.29, 0.717) is 35.0 Å². The largest absolute Gasteiger partial charge is 0.393 e. The van der Waals surface area contributed by atoms with Crippen LogP contribution in [0.5, 0.6) is 0 Å². The lowest BCUT2D eigenvalue weighted by molar-refractivity contribution is 0.145.